The first kappa shape index (κ1) is 13.0. The van der Waals surface area contributed by atoms with Crippen molar-refractivity contribution in [2.75, 3.05) is 17.6 Å². The van der Waals surface area contributed by atoms with Gasteiger partial charge in [0.05, 0.1) is 5.75 Å². The lowest BCUT2D eigenvalue weighted by atomic mass is 10.2. The van der Waals surface area contributed by atoms with Crippen molar-refractivity contribution in [2.24, 2.45) is 0 Å². The van der Waals surface area contributed by atoms with Gasteiger partial charge in [0.1, 0.15) is 10.9 Å². The summed E-state index contributed by atoms with van der Waals surface area (Å²) in [5.41, 5.74) is 1.74. The van der Waals surface area contributed by atoms with Crippen LogP contribution in [0.15, 0.2) is 24.3 Å². The second kappa shape index (κ2) is 5.49. The smallest absolute Gasteiger partial charge is 0.244 e. The van der Waals surface area contributed by atoms with Crippen LogP contribution in [0.2, 0.25) is 0 Å². The van der Waals surface area contributed by atoms with E-state index in [1.54, 1.807) is 0 Å². The van der Waals surface area contributed by atoms with Gasteiger partial charge >= 0.3 is 0 Å². The number of thiocarbonyl (C=S) groups is 1. The predicted octanol–water partition coefficient (Wildman–Crippen LogP) is 1.79. The Labute approximate surface area is 115 Å². The topological polar surface area (TPSA) is 49.4 Å². The van der Waals surface area contributed by atoms with Gasteiger partial charge in [0.2, 0.25) is 11.8 Å². The van der Waals surface area contributed by atoms with Crippen LogP contribution in [0.3, 0.4) is 0 Å². The van der Waals surface area contributed by atoms with Crippen LogP contribution in [-0.2, 0) is 9.59 Å². The molecule has 1 fully saturated rings. The number of benzene rings is 1. The third kappa shape index (κ3) is 2.88. The van der Waals surface area contributed by atoms with Crippen LogP contribution in [-0.4, -0.2) is 33.3 Å². The quantitative estimate of drug-likeness (QED) is 0.858. The second-order valence-electron chi connectivity index (χ2n) is 3.90. The van der Waals surface area contributed by atoms with E-state index in [-0.39, 0.29) is 18.4 Å². The molecule has 1 aromatic rings. The maximum absolute atomic E-state index is 11.8. The SMILES string of the molecule is Cc1ccccc1NC(=O)CN1C(=O)CSC1=S. The average molecular weight is 280 g/mol. The van der Waals surface area contributed by atoms with Gasteiger partial charge in [0, 0.05) is 5.69 Å². The first-order chi connectivity index (χ1) is 8.58. The number of carbonyl (C=O) groups is 2. The van der Waals surface area contributed by atoms with Crippen molar-refractivity contribution < 1.29 is 9.59 Å². The molecule has 0 atom stereocenters. The van der Waals surface area contributed by atoms with Gasteiger partial charge in [-0.05, 0) is 18.6 Å². The molecule has 1 aliphatic heterocycles. The maximum Gasteiger partial charge on any atom is 0.244 e. The Morgan fingerprint density at radius 3 is 2.83 bits per heavy atom. The van der Waals surface area contributed by atoms with Crippen molar-refractivity contribution in [1.29, 1.82) is 0 Å². The minimum atomic E-state index is -0.234. The van der Waals surface area contributed by atoms with Gasteiger partial charge in [0.25, 0.3) is 0 Å². The second-order valence-corrected chi connectivity index (χ2v) is 5.51. The molecule has 0 radical (unpaired) electrons. The van der Waals surface area contributed by atoms with E-state index in [0.29, 0.717) is 10.1 Å². The standard InChI is InChI=1S/C12H12N2O2S2/c1-8-4-2-3-5-9(8)13-10(15)6-14-11(16)7-18-12(14)17/h2-5H,6-7H2,1H3,(H,13,15). The number of hydrogen-bond acceptors (Lipinski definition) is 4. The van der Waals surface area contributed by atoms with E-state index in [9.17, 15) is 9.59 Å². The van der Waals surface area contributed by atoms with E-state index in [2.05, 4.69) is 5.32 Å². The van der Waals surface area contributed by atoms with Crippen molar-refractivity contribution in [3.05, 3.63) is 29.8 Å². The Morgan fingerprint density at radius 2 is 2.22 bits per heavy atom. The Balaban J connectivity index is 1.99. The summed E-state index contributed by atoms with van der Waals surface area (Å²) in [6.07, 6.45) is 0. The summed E-state index contributed by atoms with van der Waals surface area (Å²) in [5.74, 6) is -0.0105. The van der Waals surface area contributed by atoms with E-state index in [1.807, 2.05) is 31.2 Å². The van der Waals surface area contributed by atoms with Crippen molar-refractivity contribution in [3.8, 4) is 0 Å². The highest BCUT2D eigenvalue weighted by Gasteiger charge is 2.28. The van der Waals surface area contributed by atoms with Crippen molar-refractivity contribution >= 4 is 45.8 Å². The van der Waals surface area contributed by atoms with Crippen LogP contribution in [0.4, 0.5) is 5.69 Å². The molecule has 0 aliphatic carbocycles. The lowest BCUT2D eigenvalue weighted by Gasteiger charge is -2.15. The molecule has 0 bridgehead atoms. The van der Waals surface area contributed by atoms with Crippen LogP contribution in [0, 0.1) is 6.92 Å². The summed E-state index contributed by atoms with van der Waals surface area (Å²) >= 11 is 6.31. The van der Waals surface area contributed by atoms with Crippen LogP contribution in [0.5, 0.6) is 0 Å². The number of hydrogen-bond donors (Lipinski definition) is 1. The summed E-state index contributed by atoms with van der Waals surface area (Å²) < 4.78 is 0.472. The van der Waals surface area contributed by atoms with E-state index in [0.717, 1.165) is 11.3 Å². The summed E-state index contributed by atoms with van der Waals surface area (Å²) in [7, 11) is 0. The fraction of sp³-hybridized carbons (Fsp3) is 0.250. The molecule has 1 N–H and O–H groups in total. The molecule has 0 aromatic heterocycles. The highest BCUT2D eigenvalue weighted by Crippen LogP contribution is 2.19. The van der Waals surface area contributed by atoms with E-state index in [4.69, 9.17) is 12.2 Å². The molecule has 4 nitrogen and oxygen atoms in total. The monoisotopic (exact) mass is 280 g/mol. The minimum absolute atomic E-state index is 0.0149. The zero-order chi connectivity index (χ0) is 13.1. The molecule has 6 heteroatoms. The third-order valence-electron chi connectivity index (χ3n) is 2.56. The lowest BCUT2D eigenvalue weighted by molar-refractivity contribution is -0.127. The molecule has 1 heterocycles. The largest absolute Gasteiger partial charge is 0.324 e. The van der Waals surface area contributed by atoms with Crippen LogP contribution in [0.25, 0.3) is 0 Å². The number of para-hydroxylation sites is 1. The zero-order valence-corrected chi connectivity index (χ0v) is 11.4. The normalized spacial score (nSPS) is 15.1. The Kier molecular flexibility index (Phi) is 3.98. The molecule has 1 aliphatic rings. The number of thioether (sulfide) groups is 1. The van der Waals surface area contributed by atoms with Crippen molar-refractivity contribution in [1.82, 2.24) is 4.90 Å². The highest BCUT2D eigenvalue weighted by molar-refractivity contribution is 8.23. The Morgan fingerprint density at radius 1 is 1.50 bits per heavy atom. The number of anilines is 1. The number of nitrogens with one attached hydrogen (secondary N) is 1. The predicted molar refractivity (Wildman–Crippen MR) is 76.6 cm³/mol. The highest BCUT2D eigenvalue weighted by atomic mass is 32.2. The van der Waals surface area contributed by atoms with E-state index < -0.39 is 0 Å². The fourth-order valence-corrected chi connectivity index (χ4v) is 2.65. The number of amides is 2. The van der Waals surface area contributed by atoms with Gasteiger partial charge < -0.3 is 5.32 Å². The molecule has 2 amide bonds. The van der Waals surface area contributed by atoms with Gasteiger partial charge in [0.15, 0.2) is 0 Å². The molecule has 94 valence electrons. The first-order valence-electron chi connectivity index (χ1n) is 5.40. The van der Waals surface area contributed by atoms with Crippen molar-refractivity contribution in [3.63, 3.8) is 0 Å². The Hall–Kier alpha value is -1.40. The lowest BCUT2D eigenvalue weighted by Crippen LogP contribution is -2.36. The first-order valence-corrected chi connectivity index (χ1v) is 6.80. The van der Waals surface area contributed by atoms with Gasteiger partial charge in [-0.3, -0.25) is 14.5 Å². The number of rotatable bonds is 3. The zero-order valence-electron chi connectivity index (χ0n) is 9.80. The van der Waals surface area contributed by atoms with Gasteiger partial charge in [-0.2, -0.15) is 0 Å². The number of nitrogens with zero attached hydrogens (tertiary/aromatic N) is 1. The van der Waals surface area contributed by atoms with E-state index >= 15 is 0 Å². The van der Waals surface area contributed by atoms with Gasteiger partial charge in [-0.1, -0.05) is 42.2 Å². The molecule has 0 spiro atoms. The van der Waals surface area contributed by atoms with Gasteiger partial charge in [-0.25, -0.2) is 0 Å². The molecule has 1 saturated heterocycles. The van der Waals surface area contributed by atoms with Crippen LogP contribution >= 0.6 is 24.0 Å². The molecule has 0 saturated carbocycles. The maximum atomic E-state index is 11.8. The Bertz CT molecular complexity index is 501. The number of aryl methyl sites for hydroxylation is 1. The van der Waals surface area contributed by atoms with Crippen LogP contribution < -0.4 is 5.32 Å². The summed E-state index contributed by atoms with van der Waals surface area (Å²) in [6, 6.07) is 7.49. The third-order valence-corrected chi connectivity index (χ3v) is 3.99. The molecule has 0 unspecified atom stereocenters. The minimum Gasteiger partial charge on any atom is -0.324 e. The molecule has 1 aromatic carbocycles. The number of carbonyl (C=O) groups excluding carboxylic acids is 2. The molecule has 2 rings (SSSR count). The summed E-state index contributed by atoms with van der Waals surface area (Å²) in [6.45, 7) is 1.90. The fourth-order valence-electron chi connectivity index (χ4n) is 1.58. The summed E-state index contributed by atoms with van der Waals surface area (Å²) in [5, 5.41) is 2.78. The summed E-state index contributed by atoms with van der Waals surface area (Å²) in [4.78, 5) is 24.7. The molecular formula is C12H12N2O2S2. The van der Waals surface area contributed by atoms with Gasteiger partial charge in [-0.15, -0.1) is 0 Å². The average Bonchev–Trinajstić information content (AvgIpc) is 2.64. The van der Waals surface area contributed by atoms with Crippen molar-refractivity contribution in [2.45, 2.75) is 6.92 Å². The molecular weight excluding hydrogens is 268 g/mol. The molecule has 18 heavy (non-hydrogen) atoms. The van der Waals surface area contributed by atoms with E-state index in [1.165, 1.54) is 16.7 Å². The van der Waals surface area contributed by atoms with Crippen LogP contribution in [0.1, 0.15) is 5.56 Å².